The van der Waals surface area contributed by atoms with Gasteiger partial charge >= 0.3 is 0 Å². The van der Waals surface area contributed by atoms with Gasteiger partial charge in [0.25, 0.3) is 0 Å². The molecule has 2 rings (SSSR count). The van der Waals surface area contributed by atoms with E-state index in [4.69, 9.17) is 15.2 Å². The van der Waals surface area contributed by atoms with Crippen LogP contribution in [0, 0.1) is 0 Å². The predicted octanol–water partition coefficient (Wildman–Crippen LogP) is 1.82. The molecule has 6 heteroatoms. The molecule has 1 amide bonds. The lowest BCUT2D eigenvalue weighted by atomic mass is 10.3. The van der Waals surface area contributed by atoms with Gasteiger partial charge < -0.3 is 20.5 Å². The summed E-state index contributed by atoms with van der Waals surface area (Å²) in [5.74, 6) is 2.54. The van der Waals surface area contributed by atoms with Crippen LogP contribution >= 0.6 is 11.8 Å². The number of benzene rings is 1. The average molecular weight is 282 g/mol. The van der Waals surface area contributed by atoms with Gasteiger partial charge in [-0.3, -0.25) is 4.79 Å². The zero-order valence-electron chi connectivity index (χ0n) is 10.8. The molecule has 3 N–H and O–H groups in total. The Hall–Kier alpha value is -1.40. The van der Waals surface area contributed by atoms with Crippen LogP contribution in [0.3, 0.4) is 0 Å². The Labute approximate surface area is 116 Å². The van der Waals surface area contributed by atoms with Crippen molar-refractivity contribution in [2.24, 2.45) is 5.73 Å². The standard InChI is InChI=1S/C13H18N2O3S/c1-2-9(14)6-19-7-13(16)15-10-3-4-11-12(5-10)18-8-17-11/h3-5,9H,2,6-8,14H2,1H3,(H,15,16). The van der Waals surface area contributed by atoms with Crippen molar-refractivity contribution >= 4 is 23.4 Å². The first kappa shape index (κ1) is 14.0. The van der Waals surface area contributed by atoms with Crippen molar-refractivity contribution in [2.45, 2.75) is 19.4 Å². The van der Waals surface area contributed by atoms with Gasteiger partial charge in [0.1, 0.15) is 0 Å². The van der Waals surface area contributed by atoms with Gasteiger partial charge in [0, 0.05) is 23.5 Å². The molecule has 0 spiro atoms. The third-order valence-electron chi connectivity index (χ3n) is 2.75. The van der Waals surface area contributed by atoms with E-state index in [1.165, 1.54) is 0 Å². The molecule has 0 aliphatic carbocycles. The Morgan fingerprint density at radius 1 is 1.47 bits per heavy atom. The van der Waals surface area contributed by atoms with Crippen LogP contribution < -0.4 is 20.5 Å². The SMILES string of the molecule is CCC(N)CSCC(=O)Nc1ccc2c(c1)OCO2. The summed E-state index contributed by atoms with van der Waals surface area (Å²) in [6.45, 7) is 2.27. The number of ether oxygens (including phenoxy) is 2. The summed E-state index contributed by atoms with van der Waals surface area (Å²) in [5, 5.41) is 2.83. The van der Waals surface area contributed by atoms with Gasteiger partial charge in [-0.2, -0.15) is 11.8 Å². The van der Waals surface area contributed by atoms with Gasteiger partial charge in [0.2, 0.25) is 12.7 Å². The Kier molecular flexibility index (Phi) is 4.93. The first-order chi connectivity index (χ1) is 9.19. The van der Waals surface area contributed by atoms with Crippen molar-refractivity contribution in [1.82, 2.24) is 0 Å². The third kappa shape index (κ3) is 4.04. The van der Waals surface area contributed by atoms with Gasteiger partial charge in [-0.15, -0.1) is 0 Å². The molecule has 0 saturated carbocycles. The van der Waals surface area contributed by atoms with Crippen molar-refractivity contribution in [3.63, 3.8) is 0 Å². The van der Waals surface area contributed by atoms with Crippen molar-refractivity contribution in [3.05, 3.63) is 18.2 Å². The fourth-order valence-electron chi connectivity index (χ4n) is 1.59. The number of hydrogen-bond donors (Lipinski definition) is 2. The van der Waals surface area contributed by atoms with E-state index in [0.717, 1.165) is 17.9 Å². The van der Waals surface area contributed by atoms with Crippen LogP contribution in [0.25, 0.3) is 0 Å². The number of anilines is 1. The van der Waals surface area contributed by atoms with E-state index in [0.29, 0.717) is 17.3 Å². The smallest absolute Gasteiger partial charge is 0.234 e. The molecule has 0 bridgehead atoms. The van der Waals surface area contributed by atoms with Crippen LogP contribution in [0.5, 0.6) is 11.5 Å². The van der Waals surface area contributed by atoms with E-state index in [2.05, 4.69) is 5.32 Å². The summed E-state index contributed by atoms with van der Waals surface area (Å²) in [7, 11) is 0. The van der Waals surface area contributed by atoms with Gasteiger partial charge in [-0.05, 0) is 18.6 Å². The molecule has 0 radical (unpaired) electrons. The molecule has 0 saturated heterocycles. The zero-order valence-corrected chi connectivity index (χ0v) is 11.7. The summed E-state index contributed by atoms with van der Waals surface area (Å²) in [6, 6.07) is 5.51. The maximum absolute atomic E-state index is 11.7. The molecule has 1 aromatic carbocycles. The molecule has 19 heavy (non-hydrogen) atoms. The molecule has 1 heterocycles. The third-order valence-corrected chi connectivity index (χ3v) is 3.88. The lowest BCUT2D eigenvalue weighted by Gasteiger charge is -2.08. The molecule has 5 nitrogen and oxygen atoms in total. The van der Waals surface area contributed by atoms with Gasteiger partial charge in [-0.25, -0.2) is 0 Å². The topological polar surface area (TPSA) is 73.6 Å². The number of nitrogens with two attached hydrogens (primary N) is 1. The molecule has 0 aromatic heterocycles. The van der Waals surface area contributed by atoms with Crippen LogP contribution in [0.2, 0.25) is 0 Å². The van der Waals surface area contributed by atoms with Crippen LogP contribution in [-0.4, -0.2) is 30.2 Å². The summed E-state index contributed by atoms with van der Waals surface area (Å²) in [6.07, 6.45) is 0.927. The summed E-state index contributed by atoms with van der Waals surface area (Å²) in [4.78, 5) is 11.7. The molecule has 104 valence electrons. The van der Waals surface area contributed by atoms with Crippen LogP contribution in [0.15, 0.2) is 18.2 Å². The van der Waals surface area contributed by atoms with Crippen LogP contribution in [-0.2, 0) is 4.79 Å². The fourth-order valence-corrected chi connectivity index (χ4v) is 2.51. The molecule has 0 fully saturated rings. The highest BCUT2D eigenvalue weighted by Crippen LogP contribution is 2.34. The quantitative estimate of drug-likeness (QED) is 0.832. The van der Waals surface area contributed by atoms with E-state index >= 15 is 0 Å². The molecule has 1 aromatic rings. The Bertz CT molecular complexity index is 454. The summed E-state index contributed by atoms with van der Waals surface area (Å²) >= 11 is 1.55. The zero-order chi connectivity index (χ0) is 13.7. The first-order valence-electron chi connectivity index (χ1n) is 6.22. The number of hydrogen-bond acceptors (Lipinski definition) is 5. The Balaban J connectivity index is 1.79. The van der Waals surface area contributed by atoms with Crippen molar-refractivity contribution in [3.8, 4) is 11.5 Å². The maximum Gasteiger partial charge on any atom is 0.234 e. The minimum absolute atomic E-state index is 0.0350. The largest absolute Gasteiger partial charge is 0.454 e. The second kappa shape index (κ2) is 6.68. The van der Waals surface area contributed by atoms with Crippen molar-refractivity contribution in [1.29, 1.82) is 0 Å². The van der Waals surface area contributed by atoms with E-state index < -0.39 is 0 Å². The highest BCUT2D eigenvalue weighted by molar-refractivity contribution is 8.00. The number of carbonyl (C=O) groups excluding carboxylic acids is 1. The predicted molar refractivity (Wildman–Crippen MR) is 76.8 cm³/mol. The van der Waals surface area contributed by atoms with E-state index in [-0.39, 0.29) is 18.7 Å². The maximum atomic E-state index is 11.7. The first-order valence-corrected chi connectivity index (χ1v) is 7.37. The molecule has 1 unspecified atom stereocenters. The number of amides is 1. The molecule has 1 aliphatic rings. The normalized spacial score (nSPS) is 14.2. The van der Waals surface area contributed by atoms with E-state index in [1.54, 1.807) is 30.0 Å². The number of fused-ring (bicyclic) bond motifs is 1. The Morgan fingerprint density at radius 2 is 2.26 bits per heavy atom. The Morgan fingerprint density at radius 3 is 3.05 bits per heavy atom. The fraction of sp³-hybridized carbons (Fsp3) is 0.462. The summed E-state index contributed by atoms with van der Waals surface area (Å²) < 4.78 is 10.5. The number of rotatable bonds is 6. The molecular weight excluding hydrogens is 264 g/mol. The second-order valence-electron chi connectivity index (χ2n) is 4.30. The monoisotopic (exact) mass is 282 g/mol. The number of nitrogens with one attached hydrogen (secondary N) is 1. The second-order valence-corrected chi connectivity index (χ2v) is 5.33. The van der Waals surface area contributed by atoms with Crippen LogP contribution in [0.4, 0.5) is 5.69 Å². The highest BCUT2D eigenvalue weighted by atomic mass is 32.2. The van der Waals surface area contributed by atoms with Crippen LogP contribution in [0.1, 0.15) is 13.3 Å². The lowest BCUT2D eigenvalue weighted by molar-refractivity contribution is -0.113. The van der Waals surface area contributed by atoms with Gasteiger partial charge in [0.05, 0.1) is 5.75 Å². The van der Waals surface area contributed by atoms with Crippen molar-refractivity contribution in [2.75, 3.05) is 23.6 Å². The molecule has 1 atom stereocenters. The minimum Gasteiger partial charge on any atom is -0.454 e. The highest BCUT2D eigenvalue weighted by Gasteiger charge is 2.14. The molecular formula is C13H18N2O3S. The summed E-state index contributed by atoms with van der Waals surface area (Å²) in [5.41, 5.74) is 6.51. The van der Waals surface area contributed by atoms with E-state index in [1.807, 2.05) is 6.92 Å². The minimum atomic E-state index is -0.0350. The van der Waals surface area contributed by atoms with Crippen molar-refractivity contribution < 1.29 is 14.3 Å². The lowest BCUT2D eigenvalue weighted by Crippen LogP contribution is -2.23. The number of thioether (sulfide) groups is 1. The molecule has 1 aliphatic heterocycles. The van der Waals surface area contributed by atoms with Gasteiger partial charge in [0.15, 0.2) is 11.5 Å². The van der Waals surface area contributed by atoms with Gasteiger partial charge in [-0.1, -0.05) is 6.92 Å². The van der Waals surface area contributed by atoms with E-state index in [9.17, 15) is 4.79 Å². The number of carbonyl (C=O) groups is 1. The average Bonchev–Trinajstić information content (AvgIpc) is 2.85.